The van der Waals surface area contributed by atoms with Crippen molar-refractivity contribution >= 4 is 6.09 Å². The Morgan fingerprint density at radius 1 is 1.50 bits per heavy atom. The highest BCUT2D eigenvalue weighted by Crippen LogP contribution is 1.88. The first-order chi connectivity index (χ1) is 6.56. The van der Waals surface area contributed by atoms with Crippen molar-refractivity contribution in [2.75, 3.05) is 33.3 Å². The molecule has 0 saturated heterocycles. The van der Waals surface area contributed by atoms with Crippen molar-refractivity contribution in [2.24, 2.45) is 5.92 Å². The van der Waals surface area contributed by atoms with E-state index in [4.69, 9.17) is 4.74 Å². The Labute approximate surface area is 86.6 Å². The molecule has 0 aromatic carbocycles. The molecule has 1 amide bonds. The molecule has 0 aliphatic rings. The fourth-order valence-electron chi connectivity index (χ4n) is 0.791. The highest BCUT2D eigenvalue weighted by molar-refractivity contribution is 5.67. The topological polar surface area (TPSA) is 41.6 Å². The zero-order chi connectivity index (χ0) is 11.0. The summed E-state index contributed by atoms with van der Waals surface area (Å²) in [7, 11) is 2.00. The third-order valence-corrected chi connectivity index (χ3v) is 1.90. The molecule has 0 saturated carbocycles. The molecule has 0 rings (SSSR count). The van der Waals surface area contributed by atoms with Gasteiger partial charge in [-0.15, -0.1) is 0 Å². The molecule has 0 radical (unpaired) electrons. The summed E-state index contributed by atoms with van der Waals surface area (Å²) in [5.41, 5.74) is 0. The van der Waals surface area contributed by atoms with Crippen LogP contribution in [0.3, 0.4) is 0 Å². The van der Waals surface area contributed by atoms with Gasteiger partial charge in [-0.2, -0.15) is 0 Å². The normalized spacial score (nSPS) is 10.7. The maximum atomic E-state index is 11.1. The largest absolute Gasteiger partial charge is 0.448 e. The molecule has 1 N–H and O–H groups in total. The summed E-state index contributed by atoms with van der Waals surface area (Å²) in [4.78, 5) is 13.2. The number of alkyl carbamates (subject to hydrolysis) is 1. The van der Waals surface area contributed by atoms with E-state index in [-0.39, 0.29) is 6.09 Å². The fourth-order valence-corrected chi connectivity index (χ4v) is 0.791. The maximum Gasteiger partial charge on any atom is 0.407 e. The van der Waals surface area contributed by atoms with Gasteiger partial charge in [0.2, 0.25) is 0 Å². The van der Waals surface area contributed by atoms with Crippen LogP contribution in [0, 0.1) is 5.92 Å². The van der Waals surface area contributed by atoms with Crippen LogP contribution < -0.4 is 5.32 Å². The standard InChI is InChI=1S/C10H22N2O2/c1-5-12(4)6-7-14-10(13)11-8-9(2)3/h9H,5-8H2,1-4H3,(H,11,13). The molecule has 0 fully saturated rings. The number of nitrogens with zero attached hydrogens (tertiary/aromatic N) is 1. The van der Waals surface area contributed by atoms with Gasteiger partial charge in [-0.1, -0.05) is 20.8 Å². The molecule has 0 aromatic heterocycles. The van der Waals surface area contributed by atoms with Crippen LogP contribution in [0.5, 0.6) is 0 Å². The smallest absolute Gasteiger partial charge is 0.407 e. The van der Waals surface area contributed by atoms with E-state index in [9.17, 15) is 4.79 Å². The van der Waals surface area contributed by atoms with Crippen molar-refractivity contribution in [3.63, 3.8) is 0 Å². The SMILES string of the molecule is CCN(C)CCOC(=O)NCC(C)C. The second kappa shape index (κ2) is 7.62. The Bertz CT molecular complexity index is 160. The minimum Gasteiger partial charge on any atom is -0.448 e. The third kappa shape index (κ3) is 7.86. The number of ether oxygens (including phenoxy) is 1. The first-order valence-corrected chi connectivity index (χ1v) is 5.15. The highest BCUT2D eigenvalue weighted by atomic mass is 16.5. The lowest BCUT2D eigenvalue weighted by Gasteiger charge is -2.14. The summed E-state index contributed by atoms with van der Waals surface area (Å²) in [6, 6.07) is 0. The minimum atomic E-state index is -0.316. The van der Waals surface area contributed by atoms with Crippen molar-refractivity contribution < 1.29 is 9.53 Å². The van der Waals surface area contributed by atoms with Gasteiger partial charge in [0.15, 0.2) is 0 Å². The number of nitrogens with one attached hydrogen (secondary N) is 1. The summed E-state index contributed by atoms with van der Waals surface area (Å²) < 4.78 is 4.97. The van der Waals surface area contributed by atoms with E-state index < -0.39 is 0 Å². The first kappa shape index (κ1) is 13.2. The quantitative estimate of drug-likeness (QED) is 0.706. The first-order valence-electron chi connectivity index (χ1n) is 5.15. The average molecular weight is 202 g/mol. The average Bonchev–Trinajstić information content (AvgIpc) is 2.14. The van der Waals surface area contributed by atoms with E-state index >= 15 is 0 Å². The molecular formula is C10H22N2O2. The Morgan fingerprint density at radius 3 is 2.64 bits per heavy atom. The Hall–Kier alpha value is -0.770. The molecule has 0 unspecified atom stereocenters. The second-order valence-corrected chi connectivity index (χ2v) is 3.81. The van der Waals surface area contributed by atoms with E-state index in [1.807, 2.05) is 20.9 Å². The fraction of sp³-hybridized carbons (Fsp3) is 0.900. The molecule has 4 heteroatoms. The third-order valence-electron chi connectivity index (χ3n) is 1.90. The predicted octanol–water partition coefficient (Wildman–Crippen LogP) is 1.32. The lowest BCUT2D eigenvalue weighted by atomic mass is 10.2. The van der Waals surface area contributed by atoms with Crippen LogP contribution in [-0.4, -0.2) is 44.3 Å². The minimum absolute atomic E-state index is 0.316. The number of hydrogen-bond donors (Lipinski definition) is 1. The lowest BCUT2D eigenvalue weighted by Crippen LogP contribution is -2.31. The summed E-state index contributed by atoms with van der Waals surface area (Å²) in [6.45, 7) is 9.04. The van der Waals surface area contributed by atoms with Crippen molar-refractivity contribution in [3.05, 3.63) is 0 Å². The Kier molecular flexibility index (Phi) is 7.20. The van der Waals surface area contributed by atoms with E-state index in [1.165, 1.54) is 0 Å². The van der Waals surface area contributed by atoms with Gasteiger partial charge in [0, 0.05) is 13.1 Å². The van der Waals surface area contributed by atoms with E-state index in [2.05, 4.69) is 17.1 Å². The summed E-state index contributed by atoms with van der Waals surface area (Å²) in [5.74, 6) is 0.459. The van der Waals surface area contributed by atoms with Gasteiger partial charge in [0.25, 0.3) is 0 Å². The molecule has 0 aromatic rings. The predicted molar refractivity (Wildman–Crippen MR) is 57.4 cm³/mol. The van der Waals surface area contributed by atoms with E-state index in [0.717, 1.165) is 13.1 Å². The van der Waals surface area contributed by atoms with Gasteiger partial charge in [0.1, 0.15) is 6.61 Å². The van der Waals surface area contributed by atoms with Crippen molar-refractivity contribution in [1.29, 1.82) is 0 Å². The van der Waals surface area contributed by atoms with Crippen LogP contribution in [-0.2, 0) is 4.74 Å². The number of carbonyl (C=O) groups is 1. The van der Waals surface area contributed by atoms with Gasteiger partial charge < -0.3 is 15.0 Å². The summed E-state index contributed by atoms with van der Waals surface area (Å²) >= 11 is 0. The molecule has 84 valence electrons. The van der Waals surface area contributed by atoms with Crippen molar-refractivity contribution in [2.45, 2.75) is 20.8 Å². The number of carbonyl (C=O) groups excluding carboxylic acids is 1. The Morgan fingerprint density at radius 2 is 2.14 bits per heavy atom. The molecule has 0 spiro atoms. The second-order valence-electron chi connectivity index (χ2n) is 3.81. The molecule has 0 atom stereocenters. The molecule has 14 heavy (non-hydrogen) atoms. The molecule has 0 bridgehead atoms. The molecule has 0 aliphatic carbocycles. The van der Waals surface area contributed by atoms with Gasteiger partial charge in [0.05, 0.1) is 0 Å². The zero-order valence-corrected chi connectivity index (χ0v) is 9.67. The molecule has 4 nitrogen and oxygen atoms in total. The number of rotatable bonds is 6. The van der Waals surface area contributed by atoms with Gasteiger partial charge in [-0.05, 0) is 19.5 Å². The van der Waals surface area contributed by atoms with Gasteiger partial charge in [-0.25, -0.2) is 4.79 Å². The van der Waals surface area contributed by atoms with Crippen LogP contribution in [0.1, 0.15) is 20.8 Å². The number of amides is 1. The van der Waals surface area contributed by atoms with Crippen LogP contribution in [0.25, 0.3) is 0 Å². The van der Waals surface area contributed by atoms with E-state index in [0.29, 0.717) is 19.1 Å². The van der Waals surface area contributed by atoms with Crippen molar-refractivity contribution in [1.82, 2.24) is 10.2 Å². The summed E-state index contributed by atoms with van der Waals surface area (Å²) in [5, 5.41) is 2.69. The highest BCUT2D eigenvalue weighted by Gasteiger charge is 2.02. The lowest BCUT2D eigenvalue weighted by molar-refractivity contribution is 0.132. The van der Waals surface area contributed by atoms with Crippen LogP contribution in [0.15, 0.2) is 0 Å². The van der Waals surface area contributed by atoms with Crippen LogP contribution >= 0.6 is 0 Å². The van der Waals surface area contributed by atoms with Crippen LogP contribution in [0.2, 0.25) is 0 Å². The summed E-state index contributed by atoms with van der Waals surface area (Å²) in [6.07, 6.45) is -0.316. The van der Waals surface area contributed by atoms with Gasteiger partial charge >= 0.3 is 6.09 Å². The van der Waals surface area contributed by atoms with Crippen LogP contribution in [0.4, 0.5) is 4.79 Å². The molecular weight excluding hydrogens is 180 g/mol. The van der Waals surface area contributed by atoms with Crippen molar-refractivity contribution in [3.8, 4) is 0 Å². The number of hydrogen-bond acceptors (Lipinski definition) is 3. The number of likely N-dealkylation sites (N-methyl/N-ethyl adjacent to an activating group) is 1. The Balaban J connectivity index is 3.35. The monoisotopic (exact) mass is 202 g/mol. The van der Waals surface area contributed by atoms with Gasteiger partial charge in [-0.3, -0.25) is 0 Å². The zero-order valence-electron chi connectivity index (χ0n) is 9.67. The molecule has 0 aliphatic heterocycles. The molecule has 0 heterocycles. The van der Waals surface area contributed by atoms with E-state index in [1.54, 1.807) is 0 Å². The maximum absolute atomic E-state index is 11.1.